The van der Waals surface area contributed by atoms with Gasteiger partial charge in [0.15, 0.2) is 5.82 Å². The summed E-state index contributed by atoms with van der Waals surface area (Å²) in [7, 11) is 0. The molecular formula is C18H19N5O2. The zero-order chi connectivity index (χ0) is 17.1. The Morgan fingerprint density at radius 1 is 1.20 bits per heavy atom. The van der Waals surface area contributed by atoms with Gasteiger partial charge in [0.1, 0.15) is 17.6 Å². The highest BCUT2D eigenvalue weighted by Crippen LogP contribution is 2.22. The number of aryl methyl sites for hydroxylation is 1. The Kier molecular flexibility index (Phi) is 4.20. The first-order chi connectivity index (χ1) is 12.3. The second kappa shape index (κ2) is 6.80. The highest BCUT2D eigenvalue weighted by molar-refractivity contribution is 5.74. The van der Waals surface area contributed by atoms with Crippen LogP contribution in [0.3, 0.4) is 0 Å². The van der Waals surface area contributed by atoms with Crippen molar-refractivity contribution in [2.24, 2.45) is 0 Å². The van der Waals surface area contributed by atoms with Crippen molar-refractivity contribution in [3.05, 3.63) is 71.7 Å². The Morgan fingerprint density at radius 2 is 2.08 bits per heavy atom. The third kappa shape index (κ3) is 3.26. The minimum atomic E-state index is -0.347. The van der Waals surface area contributed by atoms with Gasteiger partial charge in [0.2, 0.25) is 0 Å². The molecule has 0 unspecified atom stereocenters. The number of rotatable bonds is 5. The molecule has 4 rings (SSSR count). The molecule has 0 radical (unpaired) electrons. The van der Waals surface area contributed by atoms with Crippen LogP contribution in [0.5, 0.6) is 0 Å². The molecule has 0 spiro atoms. The van der Waals surface area contributed by atoms with Gasteiger partial charge in [-0.3, -0.25) is 0 Å². The number of fused-ring (bicyclic) bond motifs is 1. The van der Waals surface area contributed by atoms with Crippen LogP contribution in [0, 0.1) is 0 Å². The number of benzene rings is 1. The molecule has 7 heteroatoms. The van der Waals surface area contributed by atoms with Crippen LogP contribution in [0.4, 0.5) is 4.79 Å². The quantitative estimate of drug-likeness (QED) is 0.749. The number of nitrogens with one attached hydrogen (secondary N) is 2. The number of nitrogens with zero attached hydrogens (tertiary/aromatic N) is 3. The summed E-state index contributed by atoms with van der Waals surface area (Å²) in [6.07, 6.45) is 3.64. The Hall–Kier alpha value is -3.09. The minimum Gasteiger partial charge on any atom is -0.467 e. The highest BCUT2D eigenvalue weighted by Gasteiger charge is 2.21. The van der Waals surface area contributed by atoms with Crippen LogP contribution < -0.4 is 10.6 Å². The van der Waals surface area contributed by atoms with Crippen LogP contribution in [-0.4, -0.2) is 20.8 Å². The van der Waals surface area contributed by atoms with Gasteiger partial charge in [-0.15, -0.1) is 10.2 Å². The molecule has 2 amide bonds. The minimum absolute atomic E-state index is 0.277. The number of urea groups is 1. The van der Waals surface area contributed by atoms with Crippen molar-refractivity contribution in [1.29, 1.82) is 0 Å². The van der Waals surface area contributed by atoms with Gasteiger partial charge in [0.25, 0.3) is 0 Å². The predicted octanol–water partition coefficient (Wildman–Crippen LogP) is 2.41. The van der Waals surface area contributed by atoms with Crippen molar-refractivity contribution in [3.8, 4) is 0 Å². The molecule has 0 bridgehead atoms. The molecule has 3 aromatic rings. The molecule has 25 heavy (non-hydrogen) atoms. The van der Waals surface area contributed by atoms with Gasteiger partial charge >= 0.3 is 6.03 Å². The molecule has 0 fully saturated rings. The van der Waals surface area contributed by atoms with Crippen LogP contribution in [0.2, 0.25) is 0 Å². The summed E-state index contributed by atoms with van der Waals surface area (Å²) in [5.41, 5.74) is 0.955. The Bertz CT molecular complexity index is 842. The SMILES string of the molecule is O=C(NCc1nnc2n1CCC2)N[C@@H](c1ccccc1)c1ccco1. The molecule has 3 heterocycles. The van der Waals surface area contributed by atoms with Crippen LogP contribution >= 0.6 is 0 Å². The maximum atomic E-state index is 12.4. The first-order valence-electron chi connectivity index (χ1n) is 8.35. The van der Waals surface area contributed by atoms with Crippen molar-refractivity contribution in [3.63, 3.8) is 0 Å². The largest absolute Gasteiger partial charge is 0.467 e. The fraction of sp³-hybridized carbons (Fsp3) is 0.278. The van der Waals surface area contributed by atoms with Gasteiger partial charge in [0, 0.05) is 13.0 Å². The zero-order valence-corrected chi connectivity index (χ0v) is 13.7. The van der Waals surface area contributed by atoms with E-state index >= 15 is 0 Å². The van der Waals surface area contributed by atoms with E-state index in [1.165, 1.54) is 0 Å². The third-order valence-corrected chi connectivity index (χ3v) is 4.33. The molecule has 0 saturated heterocycles. The predicted molar refractivity (Wildman–Crippen MR) is 90.7 cm³/mol. The average molecular weight is 337 g/mol. The number of aromatic nitrogens is 3. The fourth-order valence-electron chi connectivity index (χ4n) is 3.10. The van der Waals surface area contributed by atoms with E-state index in [1.807, 2.05) is 42.5 Å². The van der Waals surface area contributed by atoms with Crippen molar-refractivity contribution in [1.82, 2.24) is 25.4 Å². The molecule has 2 N–H and O–H groups in total. The first kappa shape index (κ1) is 15.4. The molecule has 2 aromatic heterocycles. The first-order valence-corrected chi connectivity index (χ1v) is 8.35. The number of hydrogen-bond donors (Lipinski definition) is 2. The maximum Gasteiger partial charge on any atom is 0.316 e. The lowest BCUT2D eigenvalue weighted by atomic mass is 10.1. The number of carbonyl (C=O) groups excluding carboxylic acids is 1. The second-order valence-electron chi connectivity index (χ2n) is 5.97. The Balaban J connectivity index is 1.44. The monoisotopic (exact) mass is 337 g/mol. The maximum absolute atomic E-state index is 12.4. The van der Waals surface area contributed by atoms with E-state index in [2.05, 4.69) is 25.4 Å². The summed E-state index contributed by atoms with van der Waals surface area (Å²) in [5.74, 6) is 2.47. The molecule has 1 atom stereocenters. The Labute approximate surface area is 145 Å². The van der Waals surface area contributed by atoms with E-state index < -0.39 is 0 Å². The number of carbonyl (C=O) groups is 1. The van der Waals surface area contributed by atoms with Crippen LogP contribution in [0.1, 0.15) is 35.4 Å². The van der Waals surface area contributed by atoms with Gasteiger partial charge in [-0.25, -0.2) is 4.79 Å². The van der Waals surface area contributed by atoms with Gasteiger partial charge in [-0.05, 0) is 24.1 Å². The van der Waals surface area contributed by atoms with E-state index in [-0.39, 0.29) is 12.1 Å². The van der Waals surface area contributed by atoms with Crippen LogP contribution in [-0.2, 0) is 19.5 Å². The van der Waals surface area contributed by atoms with Gasteiger partial charge in [-0.2, -0.15) is 0 Å². The van der Waals surface area contributed by atoms with E-state index in [4.69, 9.17) is 4.42 Å². The van der Waals surface area contributed by atoms with Crippen molar-refractivity contribution >= 4 is 6.03 Å². The molecular weight excluding hydrogens is 318 g/mol. The van der Waals surface area contributed by atoms with Crippen LogP contribution in [0.15, 0.2) is 53.1 Å². The van der Waals surface area contributed by atoms with Gasteiger partial charge in [0.05, 0.1) is 12.8 Å². The second-order valence-corrected chi connectivity index (χ2v) is 5.97. The van der Waals surface area contributed by atoms with Crippen LogP contribution in [0.25, 0.3) is 0 Å². The summed E-state index contributed by atoms with van der Waals surface area (Å²) < 4.78 is 7.56. The smallest absolute Gasteiger partial charge is 0.316 e. The highest BCUT2D eigenvalue weighted by atomic mass is 16.3. The lowest BCUT2D eigenvalue weighted by Crippen LogP contribution is -2.38. The fourth-order valence-corrected chi connectivity index (χ4v) is 3.10. The summed E-state index contributed by atoms with van der Waals surface area (Å²) >= 11 is 0. The van der Waals surface area contributed by atoms with Gasteiger partial charge < -0.3 is 19.6 Å². The van der Waals surface area contributed by atoms with E-state index in [9.17, 15) is 4.79 Å². The molecule has 0 saturated carbocycles. The third-order valence-electron chi connectivity index (χ3n) is 4.33. The van der Waals surface area contributed by atoms with Crippen molar-refractivity contribution in [2.45, 2.75) is 32.0 Å². The lowest BCUT2D eigenvalue weighted by Gasteiger charge is -2.17. The summed E-state index contributed by atoms with van der Waals surface area (Å²) in [6.45, 7) is 1.26. The van der Waals surface area contributed by atoms with Gasteiger partial charge in [-0.1, -0.05) is 30.3 Å². The molecule has 128 valence electrons. The average Bonchev–Trinajstić information content (AvgIpc) is 3.37. The zero-order valence-electron chi connectivity index (χ0n) is 13.7. The lowest BCUT2D eigenvalue weighted by molar-refractivity contribution is 0.236. The van der Waals surface area contributed by atoms with E-state index in [1.54, 1.807) is 6.26 Å². The van der Waals surface area contributed by atoms with Crippen molar-refractivity contribution < 1.29 is 9.21 Å². The number of hydrogen-bond acceptors (Lipinski definition) is 4. The van der Waals surface area contributed by atoms with E-state index in [0.29, 0.717) is 12.3 Å². The molecule has 0 aliphatic carbocycles. The normalized spacial score (nSPS) is 14.1. The molecule has 1 aromatic carbocycles. The summed E-state index contributed by atoms with van der Waals surface area (Å²) in [5, 5.41) is 14.1. The Morgan fingerprint density at radius 3 is 2.88 bits per heavy atom. The molecule has 1 aliphatic rings. The summed E-state index contributed by atoms with van der Waals surface area (Å²) in [4.78, 5) is 12.4. The number of furan rings is 1. The molecule has 7 nitrogen and oxygen atoms in total. The summed E-state index contributed by atoms with van der Waals surface area (Å²) in [6, 6.07) is 12.8. The topological polar surface area (TPSA) is 85.0 Å². The molecule has 1 aliphatic heterocycles. The standard InChI is InChI=1S/C18H19N5O2/c24-18(19-12-16-22-21-15-9-4-10-23(15)16)20-17(14-8-5-11-25-14)13-6-2-1-3-7-13/h1-3,5-8,11,17H,4,9-10,12H2,(H2,19,20,24)/t17-/m0/s1. The number of amides is 2. The van der Waals surface area contributed by atoms with E-state index in [0.717, 1.165) is 36.6 Å². The van der Waals surface area contributed by atoms with Crippen molar-refractivity contribution in [2.75, 3.05) is 0 Å².